The molecule has 2 aromatic rings. The molecule has 1 fully saturated rings. The molecule has 0 bridgehead atoms. The Balaban J connectivity index is 1.75. The summed E-state index contributed by atoms with van der Waals surface area (Å²) in [5.41, 5.74) is 0.554. The van der Waals surface area contributed by atoms with Crippen molar-refractivity contribution >= 4 is 34.7 Å². The van der Waals surface area contributed by atoms with Gasteiger partial charge in [-0.3, -0.25) is 14.9 Å². The molecule has 3 rings (SSSR count). The summed E-state index contributed by atoms with van der Waals surface area (Å²) in [5, 5.41) is 17.2. The Hall–Kier alpha value is -2.71. The monoisotopic (exact) mass is 361 g/mol. The SMILES string of the molecule is O=C(Nc1ccc(N2CCNCC2)cn1)c1cc(Cl)ccc1[N+](=O)[O-]. The summed E-state index contributed by atoms with van der Waals surface area (Å²) in [6.07, 6.45) is 1.67. The van der Waals surface area contributed by atoms with E-state index in [4.69, 9.17) is 11.6 Å². The average molecular weight is 362 g/mol. The third-order valence-electron chi connectivity index (χ3n) is 3.87. The van der Waals surface area contributed by atoms with Gasteiger partial charge in [-0.25, -0.2) is 4.98 Å². The van der Waals surface area contributed by atoms with Crippen molar-refractivity contribution in [2.75, 3.05) is 36.4 Å². The summed E-state index contributed by atoms with van der Waals surface area (Å²) >= 11 is 5.85. The lowest BCUT2D eigenvalue weighted by Gasteiger charge is -2.29. The molecule has 8 nitrogen and oxygen atoms in total. The van der Waals surface area contributed by atoms with E-state index in [0.717, 1.165) is 31.9 Å². The smallest absolute Gasteiger partial charge is 0.282 e. The lowest BCUT2D eigenvalue weighted by Crippen LogP contribution is -2.43. The number of halogens is 1. The molecule has 130 valence electrons. The number of nitro benzene ring substituents is 1. The van der Waals surface area contributed by atoms with Gasteiger partial charge in [0.1, 0.15) is 11.4 Å². The first-order valence-corrected chi connectivity index (χ1v) is 8.09. The van der Waals surface area contributed by atoms with E-state index in [1.165, 1.54) is 18.2 Å². The summed E-state index contributed by atoms with van der Waals surface area (Å²) in [5.74, 6) is -0.310. The molecule has 0 radical (unpaired) electrons. The fourth-order valence-electron chi connectivity index (χ4n) is 2.60. The van der Waals surface area contributed by atoms with E-state index < -0.39 is 10.8 Å². The number of benzene rings is 1. The van der Waals surface area contributed by atoms with Crippen LogP contribution in [0.15, 0.2) is 36.5 Å². The number of aromatic nitrogens is 1. The first kappa shape index (κ1) is 17.1. The molecule has 0 unspecified atom stereocenters. The van der Waals surface area contributed by atoms with Crippen LogP contribution in [0.25, 0.3) is 0 Å². The second-order valence-electron chi connectivity index (χ2n) is 5.51. The molecule has 2 N–H and O–H groups in total. The standard InChI is InChI=1S/C16H16ClN5O3/c17-11-1-3-14(22(24)25)13(9-11)16(23)20-15-4-2-12(10-19-15)21-7-5-18-6-8-21/h1-4,9-10,18H,5-8H2,(H,19,20,23). The number of hydrogen-bond donors (Lipinski definition) is 2. The van der Waals surface area contributed by atoms with Crippen LogP contribution in [0.5, 0.6) is 0 Å². The Morgan fingerprint density at radius 2 is 2.04 bits per heavy atom. The highest BCUT2D eigenvalue weighted by molar-refractivity contribution is 6.31. The number of rotatable bonds is 4. The maximum absolute atomic E-state index is 12.3. The first-order chi connectivity index (χ1) is 12.0. The number of hydrogen-bond acceptors (Lipinski definition) is 6. The maximum Gasteiger partial charge on any atom is 0.282 e. The quantitative estimate of drug-likeness (QED) is 0.640. The number of carbonyl (C=O) groups excluding carboxylic acids is 1. The van der Waals surface area contributed by atoms with Crippen LogP contribution in [-0.2, 0) is 0 Å². The molecule has 0 aliphatic carbocycles. The Labute approximate surface area is 149 Å². The molecule has 9 heteroatoms. The molecule has 0 spiro atoms. The van der Waals surface area contributed by atoms with E-state index in [-0.39, 0.29) is 16.3 Å². The van der Waals surface area contributed by atoms with Gasteiger partial charge in [-0.1, -0.05) is 11.6 Å². The molecule has 1 aromatic carbocycles. The van der Waals surface area contributed by atoms with Crippen LogP contribution in [0.2, 0.25) is 5.02 Å². The average Bonchev–Trinajstić information content (AvgIpc) is 2.62. The zero-order valence-corrected chi connectivity index (χ0v) is 14.0. The molecule has 2 heterocycles. The number of piperazine rings is 1. The van der Waals surface area contributed by atoms with Crippen LogP contribution in [-0.4, -0.2) is 42.0 Å². The van der Waals surface area contributed by atoms with Gasteiger partial charge < -0.3 is 15.5 Å². The second-order valence-corrected chi connectivity index (χ2v) is 5.95. The number of pyridine rings is 1. The van der Waals surface area contributed by atoms with E-state index in [2.05, 4.69) is 20.5 Å². The van der Waals surface area contributed by atoms with Gasteiger partial charge in [0.05, 0.1) is 16.8 Å². The maximum atomic E-state index is 12.3. The second kappa shape index (κ2) is 7.45. The predicted molar refractivity (Wildman–Crippen MR) is 95.4 cm³/mol. The fourth-order valence-corrected chi connectivity index (χ4v) is 2.78. The normalized spacial score (nSPS) is 14.2. The van der Waals surface area contributed by atoms with Crippen molar-refractivity contribution in [3.05, 3.63) is 57.2 Å². The van der Waals surface area contributed by atoms with E-state index in [1.807, 2.05) is 6.07 Å². The van der Waals surface area contributed by atoms with Gasteiger partial charge >= 0.3 is 0 Å². The number of nitrogens with one attached hydrogen (secondary N) is 2. The highest BCUT2D eigenvalue weighted by Crippen LogP contribution is 2.24. The van der Waals surface area contributed by atoms with E-state index in [9.17, 15) is 14.9 Å². The van der Waals surface area contributed by atoms with Gasteiger partial charge in [0.2, 0.25) is 0 Å². The minimum Gasteiger partial charge on any atom is -0.368 e. The van der Waals surface area contributed by atoms with E-state index >= 15 is 0 Å². The van der Waals surface area contributed by atoms with Crippen LogP contribution in [0.3, 0.4) is 0 Å². The lowest BCUT2D eigenvalue weighted by atomic mass is 10.1. The Morgan fingerprint density at radius 1 is 1.28 bits per heavy atom. The molecule has 25 heavy (non-hydrogen) atoms. The highest BCUT2D eigenvalue weighted by atomic mass is 35.5. The van der Waals surface area contributed by atoms with Gasteiger partial charge in [0.15, 0.2) is 0 Å². The van der Waals surface area contributed by atoms with E-state index in [0.29, 0.717) is 5.82 Å². The molecule has 1 aliphatic heterocycles. The van der Waals surface area contributed by atoms with Crippen LogP contribution >= 0.6 is 11.6 Å². The Bertz CT molecular complexity index is 791. The molecular weight excluding hydrogens is 346 g/mol. The third-order valence-corrected chi connectivity index (χ3v) is 4.11. The number of nitro groups is 1. The summed E-state index contributed by atoms with van der Waals surface area (Å²) in [7, 11) is 0. The highest BCUT2D eigenvalue weighted by Gasteiger charge is 2.21. The largest absolute Gasteiger partial charge is 0.368 e. The summed E-state index contributed by atoms with van der Waals surface area (Å²) in [6, 6.07) is 7.38. The van der Waals surface area contributed by atoms with Crippen molar-refractivity contribution in [1.82, 2.24) is 10.3 Å². The van der Waals surface area contributed by atoms with Gasteiger partial charge in [-0.2, -0.15) is 0 Å². The molecule has 1 aliphatic rings. The van der Waals surface area contributed by atoms with Gasteiger partial charge in [0.25, 0.3) is 11.6 Å². The van der Waals surface area contributed by atoms with Crippen molar-refractivity contribution in [1.29, 1.82) is 0 Å². The van der Waals surface area contributed by atoms with Crippen LogP contribution in [0.1, 0.15) is 10.4 Å². The number of amides is 1. The first-order valence-electron chi connectivity index (χ1n) is 7.71. The van der Waals surface area contributed by atoms with Crippen molar-refractivity contribution in [2.24, 2.45) is 0 Å². The predicted octanol–water partition coefficient (Wildman–Crippen LogP) is 2.31. The minimum absolute atomic E-state index is 0.106. The van der Waals surface area contributed by atoms with E-state index in [1.54, 1.807) is 12.3 Å². The van der Waals surface area contributed by atoms with Crippen molar-refractivity contribution < 1.29 is 9.72 Å². The van der Waals surface area contributed by atoms with Crippen LogP contribution < -0.4 is 15.5 Å². The Morgan fingerprint density at radius 3 is 2.68 bits per heavy atom. The van der Waals surface area contributed by atoms with Gasteiger partial charge in [-0.05, 0) is 24.3 Å². The summed E-state index contributed by atoms with van der Waals surface area (Å²) < 4.78 is 0. The number of carbonyl (C=O) groups is 1. The lowest BCUT2D eigenvalue weighted by molar-refractivity contribution is -0.385. The zero-order valence-electron chi connectivity index (χ0n) is 13.2. The summed E-state index contributed by atoms with van der Waals surface area (Å²) in [6.45, 7) is 3.61. The molecule has 1 saturated heterocycles. The molecular formula is C16H16ClN5O3. The van der Waals surface area contributed by atoms with Crippen molar-refractivity contribution in [3.63, 3.8) is 0 Å². The summed E-state index contributed by atoms with van der Waals surface area (Å²) in [4.78, 5) is 29.2. The zero-order chi connectivity index (χ0) is 17.8. The van der Waals surface area contributed by atoms with Crippen LogP contribution in [0, 0.1) is 10.1 Å². The fraction of sp³-hybridized carbons (Fsp3) is 0.250. The van der Waals surface area contributed by atoms with Gasteiger partial charge in [0, 0.05) is 37.3 Å². The molecule has 0 atom stereocenters. The molecule has 1 amide bonds. The topological polar surface area (TPSA) is 100 Å². The van der Waals surface area contributed by atoms with Crippen molar-refractivity contribution in [2.45, 2.75) is 0 Å². The number of anilines is 2. The third kappa shape index (κ3) is 4.04. The van der Waals surface area contributed by atoms with Crippen LogP contribution in [0.4, 0.5) is 17.2 Å². The molecule has 1 aromatic heterocycles. The van der Waals surface area contributed by atoms with Gasteiger partial charge in [-0.15, -0.1) is 0 Å². The number of nitrogens with zero attached hydrogens (tertiary/aromatic N) is 3. The molecule has 0 saturated carbocycles. The minimum atomic E-state index is -0.628. The van der Waals surface area contributed by atoms with Crippen molar-refractivity contribution in [3.8, 4) is 0 Å². The Kier molecular flexibility index (Phi) is 5.11.